The summed E-state index contributed by atoms with van der Waals surface area (Å²) in [6, 6.07) is 4.13. The van der Waals surface area contributed by atoms with Gasteiger partial charge in [-0.15, -0.1) is 0 Å². The molecule has 0 aliphatic carbocycles. The summed E-state index contributed by atoms with van der Waals surface area (Å²) < 4.78 is 12.9. The maximum Gasteiger partial charge on any atom is 0.251 e. The third-order valence-electron chi connectivity index (χ3n) is 2.81. The zero-order chi connectivity index (χ0) is 12.3. The highest BCUT2D eigenvalue weighted by Crippen LogP contribution is 2.16. The molecular weight excluding hydrogens is 243 g/mol. The monoisotopic (exact) mass is 256 g/mol. The molecule has 1 amide bonds. The van der Waals surface area contributed by atoms with E-state index in [1.54, 1.807) is 0 Å². The summed E-state index contributed by atoms with van der Waals surface area (Å²) in [6.07, 6.45) is 2.02. The van der Waals surface area contributed by atoms with Gasteiger partial charge in [0.1, 0.15) is 5.82 Å². The van der Waals surface area contributed by atoms with Gasteiger partial charge in [-0.1, -0.05) is 11.6 Å². The topological polar surface area (TPSA) is 41.1 Å². The van der Waals surface area contributed by atoms with Gasteiger partial charge in [0.2, 0.25) is 0 Å². The van der Waals surface area contributed by atoms with E-state index < -0.39 is 5.82 Å². The van der Waals surface area contributed by atoms with E-state index >= 15 is 0 Å². The number of rotatable bonds is 2. The van der Waals surface area contributed by atoms with E-state index in [4.69, 9.17) is 11.6 Å². The van der Waals surface area contributed by atoms with E-state index in [1.165, 1.54) is 18.2 Å². The van der Waals surface area contributed by atoms with Crippen LogP contribution in [0.4, 0.5) is 4.39 Å². The first-order valence-corrected chi connectivity index (χ1v) is 6.01. The van der Waals surface area contributed by atoms with Crippen molar-refractivity contribution in [1.82, 2.24) is 10.6 Å². The molecule has 0 saturated carbocycles. The lowest BCUT2D eigenvalue weighted by Crippen LogP contribution is -2.45. The van der Waals surface area contributed by atoms with Crippen molar-refractivity contribution in [3.63, 3.8) is 0 Å². The number of carbonyl (C=O) groups is 1. The fourth-order valence-corrected chi connectivity index (χ4v) is 2.06. The van der Waals surface area contributed by atoms with Gasteiger partial charge in [-0.05, 0) is 37.6 Å². The third-order valence-corrected chi connectivity index (χ3v) is 3.10. The minimum atomic E-state index is -0.512. The lowest BCUT2D eigenvalue weighted by atomic mass is 10.1. The quantitative estimate of drug-likeness (QED) is 0.849. The molecule has 1 fully saturated rings. The average Bonchev–Trinajstić information content (AvgIpc) is 2.34. The number of hydrogen-bond acceptors (Lipinski definition) is 2. The fourth-order valence-electron chi connectivity index (χ4n) is 1.88. The smallest absolute Gasteiger partial charge is 0.251 e. The Bertz CT molecular complexity index is 419. The second-order valence-corrected chi connectivity index (χ2v) is 4.55. The van der Waals surface area contributed by atoms with E-state index in [1.807, 2.05) is 0 Å². The summed E-state index contributed by atoms with van der Waals surface area (Å²) >= 11 is 5.63. The highest BCUT2D eigenvalue weighted by atomic mass is 35.5. The Hall–Kier alpha value is -1.13. The second kappa shape index (κ2) is 5.47. The zero-order valence-electron chi connectivity index (χ0n) is 9.30. The molecule has 17 heavy (non-hydrogen) atoms. The Morgan fingerprint density at radius 1 is 1.53 bits per heavy atom. The molecule has 1 unspecified atom stereocenters. The van der Waals surface area contributed by atoms with E-state index in [9.17, 15) is 9.18 Å². The van der Waals surface area contributed by atoms with E-state index in [0.29, 0.717) is 5.56 Å². The van der Waals surface area contributed by atoms with Gasteiger partial charge in [0, 0.05) is 18.2 Å². The van der Waals surface area contributed by atoms with Crippen LogP contribution in [0, 0.1) is 5.82 Å². The number of benzene rings is 1. The molecule has 1 aliphatic heterocycles. The van der Waals surface area contributed by atoms with Gasteiger partial charge >= 0.3 is 0 Å². The molecular formula is C12H14ClFN2O. The van der Waals surface area contributed by atoms with Gasteiger partial charge in [0.25, 0.3) is 5.91 Å². The number of amides is 1. The van der Waals surface area contributed by atoms with Crippen LogP contribution in [0.5, 0.6) is 0 Å². The molecule has 2 N–H and O–H groups in total. The van der Waals surface area contributed by atoms with Crippen molar-refractivity contribution in [3.8, 4) is 0 Å². The van der Waals surface area contributed by atoms with Crippen LogP contribution in [-0.2, 0) is 0 Å². The minimum absolute atomic E-state index is 0.0283. The number of piperidine rings is 1. The van der Waals surface area contributed by atoms with Crippen LogP contribution in [0.25, 0.3) is 0 Å². The van der Waals surface area contributed by atoms with Crippen molar-refractivity contribution < 1.29 is 9.18 Å². The molecule has 92 valence electrons. The molecule has 5 heteroatoms. The summed E-state index contributed by atoms with van der Waals surface area (Å²) in [4.78, 5) is 11.9. The predicted molar refractivity (Wildman–Crippen MR) is 64.8 cm³/mol. The number of hydrogen-bond donors (Lipinski definition) is 2. The molecule has 0 aromatic heterocycles. The molecule has 3 nitrogen and oxygen atoms in total. The Balaban J connectivity index is 2.01. The maximum atomic E-state index is 12.9. The van der Waals surface area contributed by atoms with Crippen LogP contribution in [0.2, 0.25) is 5.02 Å². The van der Waals surface area contributed by atoms with Gasteiger partial charge in [0.15, 0.2) is 0 Å². The molecule has 0 radical (unpaired) electrons. The highest BCUT2D eigenvalue weighted by molar-refractivity contribution is 6.31. The van der Waals surface area contributed by atoms with Crippen molar-refractivity contribution in [2.24, 2.45) is 0 Å². The fraction of sp³-hybridized carbons (Fsp3) is 0.417. The Kier molecular flexibility index (Phi) is 3.97. The van der Waals surface area contributed by atoms with Crippen molar-refractivity contribution in [3.05, 3.63) is 34.6 Å². The van der Waals surface area contributed by atoms with Gasteiger partial charge in [-0.3, -0.25) is 4.79 Å². The number of carbonyl (C=O) groups excluding carboxylic acids is 1. The van der Waals surface area contributed by atoms with Gasteiger partial charge in [0.05, 0.1) is 5.02 Å². The Morgan fingerprint density at radius 3 is 3.00 bits per heavy atom. The summed E-state index contributed by atoms with van der Waals surface area (Å²) in [5.74, 6) is -0.719. The molecule has 2 rings (SSSR count). The van der Waals surface area contributed by atoms with Gasteiger partial charge in [-0.2, -0.15) is 0 Å². The predicted octanol–water partition coefficient (Wildman–Crippen LogP) is 1.96. The van der Waals surface area contributed by atoms with Crippen LogP contribution in [0.15, 0.2) is 18.2 Å². The number of nitrogens with one attached hydrogen (secondary N) is 2. The number of halogens is 2. The Labute approximate surface area is 104 Å². The lowest BCUT2D eigenvalue weighted by Gasteiger charge is -2.23. The molecule has 0 spiro atoms. The standard InChI is InChI=1S/C12H14ClFN2O/c13-10-6-8(3-4-11(10)14)12(17)16-9-2-1-5-15-7-9/h3-4,6,9,15H,1-2,5,7H2,(H,16,17). The highest BCUT2D eigenvalue weighted by Gasteiger charge is 2.16. The third kappa shape index (κ3) is 3.17. The molecule has 1 aromatic carbocycles. The summed E-state index contributed by atoms with van der Waals surface area (Å²) in [6.45, 7) is 1.77. The molecule has 1 heterocycles. The van der Waals surface area contributed by atoms with Crippen LogP contribution >= 0.6 is 11.6 Å². The van der Waals surface area contributed by atoms with Crippen molar-refractivity contribution >= 4 is 17.5 Å². The maximum absolute atomic E-state index is 12.9. The largest absolute Gasteiger partial charge is 0.348 e. The van der Waals surface area contributed by atoms with E-state index in [2.05, 4.69) is 10.6 Å². The van der Waals surface area contributed by atoms with Crippen LogP contribution < -0.4 is 10.6 Å². The van der Waals surface area contributed by atoms with Crippen LogP contribution in [0.3, 0.4) is 0 Å². The summed E-state index contributed by atoms with van der Waals surface area (Å²) in [5, 5.41) is 6.08. The first kappa shape index (κ1) is 12.3. The normalized spacial score (nSPS) is 20.0. The van der Waals surface area contributed by atoms with E-state index in [-0.39, 0.29) is 17.0 Å². The van der Waals surface area contributed by atoms with Crippen molar-refractivity contribution in [1.29, 1.82) is 0 Å². The van der Waals surface area contributed by atoms with Gasteiger partial charge < -0.3 is 10.6 Å². The first-order chi connectivity index (χ1) is 8.16. The lowest BCUT2D eigenvalue weighted by molar-refractivity contribution is 0.0930. The SMILES string of the molecule is O=C(NC1CCCNC1)c1ccc(F)c(Cl)c1. The van der Waals surface area contributed by atoms with Crippen LogP contribution in [0.1, 0.15) is 23.2 Å². The minimum Gasteiger partial charge on any atom is -0.348 e. The summed E-state index contributed by atoms with van der Waals surface area (Å²) in [7, 11) is 0. The first-order valence-electron chi connectivity index (χ1n) is 5.63. The van der Waals surface area contributed by atoms with E-state index in [0.717, 1.165) is 25.9 Å². The average molecular weight is 257 g/mol. The van der Waals surface area contributed by atoms with Gasteiger partial charge in [-0.25, -0.2) is 4.39 Å². The van der Waals surface area contributed by atoms with Crippen molar-refractivity contribution in [2.75, 3.05) is 13.1 Å². The van der Waals surface area contributed by atoms with Crippen molar-refractivity contribution in [2.45, 2.75) is 18.9 Å². The van der Waals surface area contributed by atoms with Crippen LogP contribution in [-0.4, -0.2) is 25.0 Å². The molecule has 1 saturated heterocycles. The second-order valence-electron chi connectivity index (χ2n) is 4.15. The molecule has 1 aromatic rings. The molecule has 0 bridgehead atoms. The zero-order valence-corrected chi connectivity index (χ0v) is 10.1. The summed E-state index contributed by atoms with van der Waals surface area (Å²) in [5.41, 5.74) is 0.391. The molecule has 1 atom stereocenters. The molecule has 1 aliphatic rings. The Morgan fingerprint density at radius 2 is 2.35 bits per heavy atom.